The number of amides is 1. The zero-order valence-corrected chi connectivity index (χ0v) is 14.0. The van der Waals surface area contributed by atoms with Crippen LogP contribution in [0.2, 0.25) is 0 Å². The van der Waals surface area contributed by atoms with Gasteiger partial charge < -0.3 is 14.6 Å². The topological polar surface area (TPSA) is 56.1 Å². The van der Waals surface area contributed by atoms with E-state index in [1.807, 2.05) is 54.6 Å². The van der Waals surface area contributed by atoms with Gasteiger partial charge >= 0.3 is 0 Å². The summed E-state index contributed by atoms with van der Waals surface area (Å²) in [6.07, 6.45) is 3.33. The fourth-order valence-corrected chi connectivity index (χ4v) is 2.86. The number of carbonyl (C=O) groups is 1. The van der Waals surface area contributed by atoms with Crippen LogP contribution in [0.15, 0.2) is 61.2 Å². The third-order valence-corrected chi connectivity index (χ3v) is 3.99. The number of nitrogens with one attached hydrogen (secondary N) is 1. The fourth-order valence-electron chi connectivity index (χ4n) is 2.86. The molecular weight excluding hydrogens is 314 g/mol. The van der Waals surface area contributed by atoms with Crippen LogP contribution in [0.25, 0.3) is 11.0 Å². The van der Waals surface area contributed by atoms with Crippen LogP contribution in [0.4, 0.5) is 0 Å². The van der Waals surface area contributed by atoms with E-state index in [9.17, 15) is 4.79 Å². The van der Waals surface area contributed by atoms with E-state index >= 15 is 0 Å². The summed E-state index contributed by atoms with van der Waals surface area (Å²) < 4.78 is 8.07. The highest BCUT2D eigenvalue weighted by atomic mass is 16.5. The Morgan fingerprint density at radius 3 is 2.80 bits per heavy atom. The van der Waals surface area contributed by atoms with Gasteiger partial charge in [0, 0.05) is 0 Å². The molecule has 1 amide bonds. The van der Waals surface area contributed by atoms with Crippen LogP contribution in [0.3, 0.4) is 0 Å². The van der Waals surface area contributed by atoms with Crippen molar-refractivity contribution >= 4 is 17.4 Å². The summed E-state index contributed by atoms with van der Waals surface area (Å²) in [6.45, 7) is 5.35. The maximum Gasteiger partial charge on any atom is 0.207 e. The molecule has 0 saturated carbocycles. The Balaban J connectivity index is 1.76. The number of fused-ring (bicyclic) bond motifs is 1. The smallest absolute Gasteiger partial charge is 0.207 e. The molecule has 1 aromatic heterocycles. The second-order valence-corrected chi connectivity index (χ2v) is 5.62. The Morgan fingerprint density at radius 1 is 1.16 bits per heavy atom. The first-order valence-corrected chi connectivity index (χ1v) is 8.26. The van der Waals surface area contributed by atoms with Crippen LogP contribution in [0.1, 0.15) is 11.4 Å². The first-order chi connectivity index (χ1) is 12.3. The van der Waals surface area contributed by atoms with Crippen molar-refractivity contribution in [2.75, 3.05) is 6.61 Å². The Morgan fingerprint density at radius 2 is 1.96 bits per heavy atom. The molecule has 0 radical (unpaired) electrons. The standard InChI is InChI=1S/C20H21N3O2/c1-2-7-16-8-3-6-11-19(16)25-13-12-23-18-10-5-4-9-17(18)22-20(23)14-21-15-24/h2-6,8-11,15H,1,7,12-14H2,(H,21,24). The van der Waals surface area contributed by atoms with Crippen LogP contribution in [0, 0.1) is 0 Å². The highest BCUT2D eigenvalue weighted by Gasteiger charge is 2.10. The number of hydrogen-bond acceptors (Lipinski definition) is 3. The predicted octanol–water partition coefficient (Wildman–Crippen LogP) is 3.09. The number of hydrogen-bond donors (Lipinski definition) is 1. The molecule has 0 atom stereocenters. The van der Waals surface area contributed by atoms with Gasteiger partial charge in [-0.1, -0.05) is 36.4 Å². The number of ether oxygens (including phenoxy) is 1. The van der Waals surface area contributed by atoms with E-state index in [1.165, 1.54) is 0 Å². The van der Waals surface area contributed by atoms with E-state index in [0.717, 1.165) is 34.6 Å². The molecule has 25 heavy (non-hydrogen) atoms. The van der Waals surface area contributed by atoms with E-state index in [4.69, 9.17) is 4.74 Å². The molecule has 0 unspecified atom stereocenters. The number of rotatable bonds is 9. The molecule has 0 spiro atoms. The van der Waals surface area contributed by atoms with Crippen LogP contribution >= 0.6 is 0 Å². The van der Waals surface area contributed by atoms with Gasteiger partial charge in [-0.05, 0) is 30.2 Å². The fraction of sp³-hybridized carbons (Fsp3) is 0.200. The molecule has 0 bridgehead atoms. The van der Waals surface area contributed by atoms with Gasteiger partial charge in [-0.15, -0.1) is 6.58 Å². The largest absolute Gasteiger partial charge is 0.491 e. The number of aromatic nitrogens is 2. The second-order valence-electron chi connectivity index (χ2n) is 5.62. The lowest BCUT2D eigenvalue weighted by Gasteiger charge is -2.13. The van der Waals surface area contributed by atoms with E-state index in [-0.39, 0.29) is 0 Å². The van der Waals surface area contributed by atoms with Crippen LogP contribution in [-0.2, 0) is 24.3 Å². The van der Waals surface area contributed by atoms with Crippen molar-refractivity contribution in [3.63, 3.8) is 0 Å². The summed E-state index contributed by atoms with van der Waals surface area (Å²) in [7, 11) is 0. The number of benzene rings is 2. The molecule has 3 rings (SSSR count). The Labute approximate surface area is 146 Å². The molecular formula is C20H21N3O2. The monoisotopic (exact) mass is 335 g/mol. The van der Waals surface area contributed by atoms with E-state index in [0.29, 0.717) is 26.1 Å². The van der Waals surface area contributed by atoms with Gasteiger partial charge in [0.15, 0.2) is 0 Å². The SMILES string of the molecule is C=CCc1ccccc1OCCn1c(CNC=O)nc2ccccc21. The highest BCUT2D eigenvalue weighted by Crippen LogP contribution is 2.20. The Bertz CT molecular complexity index is 870. The summed E-state index contributed by atoms with van der Waals surface area (Å²) >= 11 is 0. The molecule has 0 aliphatic heterocycles. The molecule has 3 aromatic rings. The van der Waals surface area contributed by atoms with Gasteiger partial charge in [0.25, 0.3) is 0 Å². The minimum atomic E-state index is 0.394. The normalized spacial score (nSPS) is 10.6. The number of carbonyl (C=O) groups excluding carboxylic acids is 1. The first-order valence-electron chi connectivity index (χ1n) is 8.26. The average Bonchev–Trinajstić information content (AvgIpc) is 2.99. The molecule has 5 heteroatoms. The van der Waals surface area contributed by atoms with Crippen molar-refractivity contribution in [1.82, 2.24) is 14.9 Å². The minimum Gasteiger partial charge on any atom is -0.491 e. The van der Waals surface area contributed by atoms with Gasteiger partial charge in [-0.25, -0.2) is 4.98 Å². The van der Waals surface area contributed by atoms with E-state index in [2.05, 4.69) is 21.4 Å². The van der Waals surface area contributed by atoms with Crippen molar-refractivity contribution in [3.8, 4) is 5.75 Å². The van der Waals surface area contributed by atoms with Crippen molar-refractivity contribution in [3.05, 3.63) is 72.6 Å². The lowest BCUT2D eigenvalue weighted by atomic mass is 10.1. The molecule has 2 aromatic carbocycles. The number of imidazole rings is 1. The van der Waals surface area contributed by atoms with E-state index in [1.54, 1.807) is 0 Å². The minimum absolute atomic E-state index is 0.394. The lowest BCUT2D eigenvalue weighted by molar-refractivity contribution is -0.109. The summed E-state index contributed by atoms with van der Waals surface area (Å²) in [6, 6.07) is 15.9. The molecule has 0 aliphatic rings. The van der Waals surface area contributed by atoms with Crippen molar-refractivity contribution in [2.45, 2.75) is 19.5 Å². The third-order valence-electron chi connectivity index (χ3n) is 3.99. The summed E-state index contributed by atoms with van der Waals surface area (Å²) in [5, 5.41) is 2.68. The molecule has 1 heterocycles. The molecule has 1 N–H and O–H groups in total. The van der Waals surface area contributed by atoms with Crippen molar-refractivity contribution in [2.24, 2.45) is 0 Å². The van der Waals surface area contributed by atoms with Crippen LogP contribution < -0.4 is 10.1 Å². The second kappa shape index (κ2) is 8.15. The molecule has 0 aliphatic carbocycles. The third kappa shape index (κ3) is 3.88. The van der Waals surface area contributed by atoms with Crippen molar-refractivity contribution in [1.29, 1.82) is 0 Å². The van der Waals surface area contributed by atoms with Crippen LogP contribution in [-0.4, -0.2) is 22.6 Å². The highest BCUT2D eigenvalue weighted by molar-refractivity contribution is 5.75. The first kappa shape index (κ1) is 16.8. The molecule has 0 fully saturated rings. The van der Waals surface area contributed by atoms with Gasteiger partial charge in [0.2, 0.25) is 6.41 Å². The summed E-state index contributed by atoms with van der Waals surface area (Å²) in [5.74, 6) is 1.69. The summed E-state index contributed by atoms with van der Waals surface area (Å²) in [5.41, 5.74) is 3.07. The van der Waals surface area contributed by atoms with Gasteiger partial charge in [-0.2, -0.15) is 0 Å². The quantitative estimate of drug-likeness (QED) is 0.483. The van der Waals surface area contributed by atoms with Crippen molar-refractivity contribution < 1.29 is 9.53 Å². The van der Waals surface area contributed by atoms with E-state index < -0.39 is 0 Å². The predicted molar refractivity (Wildman–Crippen MR) is 98.5 cm³/mol. The molecule has 0 saturated heterocycles. The number of nitrogens with zero attached hydrogens (tertiary/aromatic N) is 2. The molecule has 128 valence electrons. The van der Waals surface area contributed by atoms with Gasteiger partial charge in [0.05, 0.1) is 24.1 Å². The Kier molecular flexibility index (Phi) is 5.46. The molecule has 5 nitrogen and oxygen atoms in total. The maximum atomic E-state index is 10.6. The summed E-state index contributed by atoms with van der Waals surface area (Å²) in [4.78, 5) is 15.2. The zero-order chi connectivity index (χ0) is 17.5. The zero-order valence-electron chi connectivity index (χ0n) is 14.0. The van der Waals surface area contributed by atoms with Crippen LogP contribution in [0.5, 0.6) is 5.75 Å². The average molecular weight is 335 g/mol. The number of para-hydroxylation sites is 3. The Hall–Kier alpha value is -3.08. The van der Waals surface area contributed by atoms with Gasteiger partial charge in [0.1, 0.15) is 18.2 Å². The maximum absolute atomic E-state index is 10.6. The number of allylic oxidation sites excluding steroid dienone is 1. The van der Waals surface area contributed by atoms with Gasteiger partial charge in [-0.3, -0.25) is 4.79 Å². The lowest BCUT2D eigenvalue weighted by Crippen LogP contribution is -2.17.